The van der Waals surface area contributed by atoms with Crippen LogP contribution < -0.4 is 0 Å². The molecule has 1 aromatic carbocycles. The minimum Gasteiger partial charge on any atom is -0.361 e. The average Bonchev–Trinajstić information content (AvgIpc) is 2.93. The van der Waals surface area contributed by atoms with Gasteiger partial charge in [0, 0.05) is 29.2 Å². The van der Waals surface area contributed by atoms with Crippen LogP contribution in [0.1, 0.15) is 38.3 Å². The topological polar surface area (TPSA) is 42.8 Å². The number of nitrogens with one attached hydrogen (secondary N) is 1. The number of rotatable bonds is 4. The van der Waals surface area contributed by atoms with Crippen molar-refractivity contribution in [1.29, 1.82) is 5.26 Å². The Balaban J connectivity index is 0.00000106. The van der Waals surface area contributed by atoms with Gasteiger partial charge in [0.05, 0.1) is 11.6 Å². The molecule has 1 N–H and O–H groups in total. The summed E-state index contributed by atoms with van der Waals surface area (Å²) in [4.78, 5) is 5.42. The van der Waals surface area contributed by atoms with Crippen LogP contribution >= 0.6 is 0 Å². The molecule has 2 aromatic rings. The van der Waals surface area contributed by atoms with Crippen molar-refractivity contribution in [3.63, 3.8) is 0 Å². The van der Waals surface area contributed by atoms with Gasteiger partial charge < -0.3 is 9.88 Å². The Hall–Kier alpha value is -2.05. The monoisotopic (exact) mass is 283 g/mol. The molecule has 0 atom stereocenters. The standard InChI is InChI=1S/C16H19N3.C2H6/c1-4-13(7-8-19(2)3)15-11-18-16-6-5-12(10-17)9-14(15)16;1-2/h5-7,9,11,18H,4,8H2,1-3H3;1-2H3/b13-7+;. The van der Waals surface area contributed by atoms with Gasteiger partial charge in [-0.2, -0.15) is 5.26 Å². The zero-order valence-corrected chi connectivity index (χ0v) is 13.7. The van der Waals surface area contributed by atoms with Gasteiger partial charge in [0.2, 0.25) is 0 Å². The molecule has 21 heavy (non-hydrogen) atoms. The van der Waals surface area contributed by atoms with E-state index in [0.717, 1.165) is 23.9 Å². The third kappa shape index (κ3) is 4.21. The maximum Gasteiger partial charge on any atom is 0.0991 e. The van der Waals surface area contributed by atoms with Crippen LogP contribution in [0.2, 0.25) is 0 Å². The Kier molecular flexibility index (Phi) is 6.71. The number of likely N-dealkylation sites (N-methyl/N-ethyl adjacent to an activating group) is 1. The van der Waals surface area contributed by atoms with E-state index < -0.39 is 0 Å². The van der Waals surface area contributed by atoms with Gasteiger partial charge in [-0.15, -0.1) is 0 Å². The van der Waals surface area contributed by atoms with Crippen LogP contribution in [-0.2, 0) is 0 Å². The first-order valence-corrected chi connectivity index (χ1v) is 7.51. The van der Waals surface area contributed by atoms with Crippen LogP contribution in [0.4, 0.5) is 0 Å². The number of nitrogens with zero attached hydrogens (tertiary/aromatic N) is 2. The van der Waals surface area contributed by atoms with Gasteiger partial charge in [-0.25, -0.2) is 0 Å². The molecule has 0 radical (unpaired) electrons. The minimum absolute atomic E-state index is 0.705. The molecule has 0 amide bonds. The summed E-state index contributed by atoms with van der Waals surface area (Å²) in [7, 11) is 4.12. The number of aromatic nitrogens is 1. The van der Waals surface area contributed by atoms with E-state index in [4.69, 9.17) is 5.26 Å². The van der Waals surface area contributed by atoms with Gasteiger partial charge in [0.15, 0.2) is 0 Å². The third-order valence-corrected chi connectivity index (χ3v) is 3.24. The van der Waals surface area contributed by atoms with Crippen LogP contribution in [0.15, 0.2) is 30.5 Å². The summed E-state index contributed by atoms with van der Waals surface area (Å²) < 4.78 is 0. The Morgan fingerprint density at radius 3 is 2.62 bits per heavy atom. The maximum atomic E-state index is 9.02. The van der Waals surface area contributed by atoms with E-state index in [1.165, 1.54) is 11.1 Å². The lowest BCUT2D eigenvalue weighted by Crippen LogP contribution is -2.11. The molecule has 3 heteroatoms. The van der Waals surface area contributed by atoms with Crippen LogP contribution in [0.3, 0.4) is 0 Å². The summed E-state index contributed by atoms with van der Waals surface area (Å²) in [5.41, 5.74) is 4.31. The molecule has 2 rings (SSSR count). The second-order valence-corrected chi connectivity index (χ2v) is 4.92. The SMILES string of the molecule is CC.CC/C(=C\CN(C)C)c1c[nH]c2ccc(C#N)cc12. The number of hydrogen-bond acceptors (Lipinski definition) is 2. The number of hydrogen-bond donors (Lipinski definition) is 1. The number of benzene rings is 1. The third-order valence-electron chi connectivity index (χ3n) is 3.24. The second kappa shape index (κ2) is 8.28. The summed E-state index contributed by atoms with van der Waals surface area (Å²) in [6, 6.07) is 7.97. The number of fused-ring (bicyclic) bond motifs is 1. The number of H-pyrrole nitrogens is 1. The number of allylic oxidation sites excluding steroid dienone is 1. The first kappa shape index (κ1) is 17.0. The van der Waals surface area contributed by atoms with E-state index in [-0.39, 0.29) is 0 Å². The Morgan fingerprint density at radius 1 is 1.33 bits per heavy atom. The maximum absolute atomic E-state index is 9.02. The Bertz CT molecular complexity index is 642. The van der Waals surface area contributed by atoms with E-state index >= 15 is 0 Å². The highest BCUT2D eigenvalue weighted by molar-refractivity contribution is 5.93. The largest absolute Gasteiger partial charge is 0.361 e. The fraction of sp³-hybridized carbons (Fsp3) is 0.389. The van der Waals surface area contributed by atoms with Crippen molar-refractivity contribution < 1.29 is 0 Å². The van der Waals surface area contributed by atoms with Gasteiger partial charge >= 0.3 is 0 Å². The lowest BCUT2D eigenvalue weighted by atomic mass is 10.0. The fourth-order valence-corrected chi connectivity index (χ4v) is 2.19. The predicted molar refractivity (Wildman–Crippen MR) is 91.2 cm³/mol. The summed E-state index contributed by atoms with van der Waals surface area (Å²) in [5.74, 6) is 0. The smallest absolute Gasteiger partial charge is 0.0991 e. The van der Waals surface area contributed by atoms with E-state index in [1.54, 1.807) is 0 Å². The van der Waals surface area contributed by atoms with Gasteiger partial charge in [-0.1, -0.05) is 26.8 Å². The summed E-state index contributed by atoms with van der Waals surface area (Å²) in [5, 5.41) is 10.1. The Labute approximate surface area is 127 Å². The molecule has 0 bridgehead atoms. The highest BCUT2D eigenvalue weighted by atomic mass is 15.0. The first-order valence-electron chi connectivity index (χ1n) is 7.51. The zero-order chi connectivity index (χ0) is 15.8. The molecule has 0 fully saturated rings. The molecule has 0 aliphatic heterocycles. The highest BCUT2D eigenvalue weighted by Crippen LogP contribution is 2.27. The highest BCUT2D eigenvalue weighted by Gasteiger charge is 2.08. The van der Waals surface area contributed by atoms with Crippen LogP contribution in [0, 0.1) is 11.3 Å². The van der Waals surface area contributed by atoms with Crippen LogP contribution in [-0.4, -0.2) is 30.5 Å². The number of nitriles is 1. The lowest BCUT2D eigenvalue weighted by molar-refractivity contribution is 0.456. The molecular weight excluding hydrogens is 258 g/mol. The molecule has 0 spiro atoms. The lowest BCUT2D eigenvalue weighted by Gasteiger charge is -2.08. The van der Waals surface area contributed by atoms with E-state index in [9.17, 15) is 0 Å². The van der Waals surface area contributed by atoms with Crippen molar-refractivity contribution in [1.82, 2.24) is 9.88 Å². The first-order chi connectivity index (χ1) is 10.2. The molecule has 0 unspecified atom stereocenters. The van der Waals surface area contributed by atoms with E-state index in [0.29, 0.717) is 5.56 Å². The van der Waals surface area contributed by atoms with E-state index in [1.807, 2.05) is 38.2 Å². The molecular formula is C18H25N3. The van der Waals surface area contributed by atoms with Gasteiger partial charge in [0.1, 0.15) is 0 Å². The zero-order valence-electron chi connectivity index (χ0n) is 13.7. The van der Waals surface area contributed by atoms with Crippen LogP contribution in [0.5, 0.6) is 0 Å². The average molecular weight is 283 g/mol. The van der Waals surface area contributed by atoms with Crippen molar-refractivity contribution in [2.75, 3.05) is 20.6 Å². The van der Waals surface area contributed by atoms with Crippen molar-refractivity contribution in [3.8, 4) is 6.07 Å². The number of aromatic amines is 1. The van der Waals surface area contributed by atoms with Crippen molar-refractivity contribution >= 4 is 16.5 Å². The quantitative estimate of drug-likeness (QED) is 0.902. The molecule has 3 nitrogen and oxygen atoms in total. The minimum atomic E-state index is 0.705. The summed E-state index contributed by atoms with van der Waals surface area (Å²) >= 11 is 0. The van der Waals surface area contributed by atoms with Crippen molar-refractivity contribution in [3.05, 3.63) is 41.6 Å². The summed E-state index contributed by atoms with van der Waals surface area (Å²) in [6.07, 6.45) is 5.27. The summed E-state index contributed by atoms with van der Waals surface area (Å²) in [6.45, 7) is 7.09. The normalized spacial score (nSPS) is 11.2. The molecule has 0 saturated heterocycles. The molecule has 0 saturated carbocycles. The van der Waals surface area contributed by atoms with Gasteiger partial charge in [-0.3, -0.25) is 0 Å². The Morgan fingerprint density at radius 2 is 2.05 bits per heavy atom. The molecule has 0 aliphatic rings. The molecule has 1 heterocycles. The van der Waals surface area contributed by atoms with Crippen LogP contribution in [0.25, 0.3) is 16.5 Å². The van der Waals surface area contributed by atoms with Crippen molar-refractivity contribution in [2.24, 2.45) is 0 Å². The predicted octanol–water partition coefficient (Wildman–Crippen LogP) is 4.42. The van der Waals surface area contributed by atoms with Crippen molar-refractivity contribution in [2.45, 2.75) is 27.2 Å². The van der Waals surface area contributed by atoms with Gasteiger partial charge in [0.25, 0.3) is 0 Å². The van der Waals surface area contributed by atoms with Gasteiger partial charge in [-0.05, 0) is 44.3 Å². The second-order valence-electron chi connectivity index (χ2n) is 4.92. The fourth-order valence-electron chi connectivity index (χ4n) is 2.19. The molecule has 112 valence electrons. The molecule has 1 aromatic heterocycles. The molecule has 0 aliphatic carbocycles. The van der Waals surface area contributed by atoms with E-state index in [2.05, 4.69) is 43.0 Å².